The number of para-hydroxylation sites is 1. The summed E-state index contributed by atoms with van der Waals surface area (Å²) in [6.07, 6.45) is 7.42. The largest absolute Gasteiger partial charge is 0.496 e. The second-order valence-corrected chi connectivity index (χ2v) is 12.1. The van der Waals surface area contributed by atoms with Crippen LogP contribution >= 0.6 is 0 Å². The van der Waals surface area contributed by atoms with E-state index in [4.69, 9.17) is 20.4 Å². The van der Waals surface area contributed by atoms with E-state index in [2.05, 4.69) is 77.8 Å². The van der Waals surface area contributed by atoms with E-state index in [9.17, 15) is 5.26 Å². The first-order valence-electron chi connectivity index (χ1n) is 14.7. The molecule has 0 saturated carbocycles. The summed E-state index contributed by atoms with van der Waals surface area (Å²) in [4.78, 5) is 16.6. The molecule has 9 nitrogen and oxygen atoms in total. The zero-order valence-corrected chi connectivity index (χ0v) is 25.3. The molecule has 1 saturated heterocycles. The van der Waals surface area contributed by atoms with Crippen LogP contribution in [0, 0.1) is 11.3 Å². The van der Waals surface area contributed by atoms with Gasteiger partial charge in [-0.3, -0.25) is 0 Å². The fourth-order valence-electron chi connectivity index (χ4n) is 6.35. The average Bonchev–Trinajstić information content (AvgIpc) is 3.55. The van der Waals surface area contributed by atoms with Gasteiger partial charge in [0.25, 0.3) is 0 Å². The normalized spacial score (nSPS) is 17.5. The summed E-state index contributed by atoms with van der Waals surface area (Å²) < 4.78 is 8.28. The molecule has 1 unspecified atom stereocenters. The number of benzene rings is 2. The highest BCUT2D eigenvalue weighted by Gasteiger charge is 2.53. The maximum atomic E-state index is 9.34. The van der Waals surface area contributed by atoms with Crippen molar-refractivity contribution >= 4 is 28.2 Å². The summed E-state index contributed by atoms with van der Waals surface area (Å²) in [7, 11) is 7.91. The van der Waals surface area contributed by atoms with E-state index >= 15 is 0 Å². The zero-order valence-electron chi connectivity index (χ0n) is 25.3. The molecule has 0 aliphatic carbocycles. The number of rotatable bonds is 10. The van der Waals surface area contributed by atoms with Gasteiger partial charge in [-0.2, -0.15) is 5.26 Å². The Bertz CT molecular complexity index is 1690. The molecule has 2 aliphatic heterocycles. The SMILES string of the molecule is COc1cc(N(C)CCN(C)C)c(N)cc1C1(C)CN1c1ncc(CCC#N)c(-c2cn3c4c(cccc24)CCC3)n1. The van der Waals surface area contributed by atoms with Crippen LogP contribution in [0.4, 0.5) is 17.3 Å². The number of aromatic nitrogens is 3. The second-order valence-electron chi connectivity index (χ2n) is 12.1. The van der Waals surface area contributed by atoms with E-state index in [-0.39, 0.29) is 5.54 Å². The lowest BCUT2D eigenvalue weighted by Crippen LogP contribution is -2.29. The molecule has 0 spiro atoms. The Morgan fingerprint density at radius 3 is 2.79 bits per heavy atom. The molecule has 1 atom stereocenters. The first kappa shape index (κ1) is 27.9. The molecular weight excluding hydrogens is 524 g/mol. The Labute approximate surface area is 248 Å². The van der Waals surface area contributed by atoms with Crippen molar-refractivity contribution in [3.63, 3.8) is 0 Å². The Morgan fingerprint density at radius 2 is 2.02 bits per heavy atom. The fourth-order valence-corrected chi connectivity index (χ4v) is 6.35. The summed E-state index contributed by atoms with van der Waals surface area (Å²) in [5, 5.41) is 10.6. The highest BCUT2D eigenvalue weighted by molar-refractivity contribution is 5.98. The quantitative estimate of drug-likeness (QED) is 0.216. The van der Waals surface area contributed by atoms with Crippen molar-refractivity contribution in [3.05, 3.63) is 59.4 Å². The van der Waals surface area contributed by atoms with E-state index in [0.29, 0.717) is 18.8 Å². The van der Waals surface area contributed by atoms with Gasteiger partial charge in [0.15, 0.2) is 0 Å². The van der Waals surface area contributed by atoms with Crippen molar-refractivity contribution < 1.29 is 4.74 Å². The van der Waals surface area contributed by atoms with Crippen LogP contribution in [0.5, 0.6) is 5.75 Å². The van der Waals surface area contributed by atoms with E-state index < -0.39 is 0 Å². The molecule has 2 aromatic carbocycles. The summed E-state index contributed by atoms with van der Waals surface area (Å²) >= 11 is 0. The predicted octanol–water partition coefficient (Wildman–Crippen LogP) is 4.82. The van der Waals surface area contributed by atoms with Crippen LogP contribution in [0.3, 0.4) is 0 Å². The zero-order chi connectivity index (χ0) is 29.6. The van der Waals surface area contributed by atoms with Crippen LogP contribution in [0.25, 0.3) is 22.2 Å². The number of likely N-dealkylation sites (N-methyl/N-ethyl adjacent to an activating group) is 2. The van der Waals surface area contributed by atoms with Gasteiger partial charge in [-0.25, -0.2) is 9.97 Å². The van der Waals surface area contributed by atoms with Gasteiger partial charge in [0.2, 0.25) is 5.95 Å². The van der Waals surface area contributed by atoms with Gasteiger partial charge in [0.1, 0.15) is 5.75 Å². The van der Waals surface area contributed by atoms with Crippen molar-refractivity contribution in [1.29, 1.82) is 5.26 Å². The number of aryl methyl sites for hydroxylation is 3. The van der Waals surface area contributed by atoms with Gasteiger partial charge in [-0.15, -0.1) is 0 Å². The Balaban J connectivity index is 1.37. The molecule has 9 heteroatoms. The topological polar surface area (TPSA) is 99.2 Å². The second kappa shape index (κ2) is 10.8. The summed E-state index contributed by atoms with van der Waals surface area (Å²) in [6.45, 7) is 5.73. The minimum Gasteiger partial charge on any atom is -0.496 e. The highest BCUT2D eigenvalue weighted by Crippen LogP contribution is 2.50. The van der Waals surface area contributed by atoms with Crippen molar-refractivity contribution in [2.24, 2.45) is 0 Å². The predicted molar refractivity (Wildman–Crippen MR) is 169 cm³/mol. The van der Waals surface area contributed by atoms with E-state index in [1.807, 2.05) is 18.3 Å². The molecule has 218 valence electrons. The molecular formula is C33H40N8O. The fraction of sp³-hybridized carbons (Fsp3) is 0.424. The van der Waals surface area contributed by atoms with Crippen molar-refractivity contribution in [2.45, 2.75) is 44.7 Å². The molecule has 4 aromatic rings. The van der Waals surface area contributed by atoms with Gasteiger partial charge < -0.3 is 29.7 Å². The number of hydrogen-bond donors (Lipinski definition) is 1. The Morgan fingerprint density at radius 1 is 1.19 bits per heavy atom. The molecule has 0 amide bonds. The first-order valence-corrected chi connectivity index (χ1v) is 14.7. The van der Waals surface area contributed by atoms with Crippen molar-refractivity contribution in [3.8, 4) is 23.1 Å². The molecule has 2 aliphatic rings. The molecule has 0 bridgehead atoms. The lowest BCUT2D eigenvalue weighted by atomic mass is 9.98. The minimum atomic E-state index is -0.351. The van der Waals surface area contributed by atoms with Crippen LogP contribution in [-0.4, -0.2) is 67.3 Å². The summed E-state index contributed by atoms with van der Waals surface area (Å²) in [5.74, 6) is 1.48. The number of nitrogens with two attached hydrogens (primary N) is 1. The number of nitriles is 1. The molecule has 1 fully saturated rings. The standard InChI is InChI=1S/C33H40N8O/c1-33(26-17-27(35)28(18-29(26)42-5)39(4)16-15-38(2)3)21-41(33)32-36-19-23(10-7-13-34)30(37-32)25-20-40-14-8-11-22-9-6-12-24(25)31(22)40/h6,9,12,17-20H,7-8,10-11,14-16,21,35H2,1-5H3. The maximum Gasteiger partial charge on any atom is 0.226 e. The Hall–Kier alpha value is -4.29. The van der Waals surface area contributed by atoms with Gasteiger partial charge in [0, 0.05) is 74.6 Å². The van der Waals surface area contributed by atoms with Crippen LogP contribution < -0.4 is 20.3 Å². The number of methoxy groups -OCH3 is 1. The molecule has 4 heterocycles. The minimum absolute atomic E-state index is 0.351. The average molecular weight is 565 g/mol. The van der Waals surface area contributed by atoms with Gasteiger partial charge in [-0.1, -0.05) is 18.2 Å². The molecule has 0 radical (unpaired) electrons. The molecule has 2 N–H and O–H groups in total. The lowest BCUT2D eigenvalue weighted by molar-refractivity contribution is 0.405. The monoisotopic (exact) mass is 564 g/mol. The first-order chi connectivity index (χ1) is 20.2. The Kier molecular flexibility index (Phi) is 7.19. The summed E-state index contributed by atoms with van der Waals surface area (Å²) in [5.41, 5.74) is 14.7. The third-order valence-electron chi connectivity index (χ3n) is 8.86. The van der Waals surface area contributed by atoms with Crippen LogP contribution in [0.15, 0.2) is 42.7 Å². The number of ether oxygens (including phenoxy) is 1. The third-order valence-corrected chi connectivity index (χ3v) is 8.86. The summed E-state index contributed by atoms with van der Waals surface area (Å²) in [6, 6.07) is 13.0. The number of nitrogens with zero attached hydrogens (tertiary/aromatic N) is 7. The van der Waals surface area contributed by atoms with Crippen LogP contribution in [0.2, 0.25) is 0 Å². The van der Waals surface area contributed by atoms with Crippen LogP contribution in [-0.2, 0) is 24.9 Å². The smallest absolute Gasteiger partial charge is 0.226 e. The number of anilines is 3. The molecule has 2 aromatic heterocycles. The van der Waals surface area contributed by atoms with Gasteiger partial charge >= 0.3 is 0 Å². The van der Waals surface area contributed by atoms with E-state index in [1.54, 1.807) is 7.11 Å². The maximum absolute atomic E-state index is 9.34. The van der Waals surface area contributed by atoms with E-state index in [1.165, 1.54) is 16.5 Å². The van der Waals surface area contributed by atoms with Crippen molar-refractivity contribution in [1.82, 2.24) is 19.4 Å². The highest BCUT2D eigenvalue weighted by atomic mass is 16.5. The molecule has 6 rings (SSSR count). The van der Waals surface area contributed by atoms with Gasteiger partial charge in [-0.05, 0) is 57.5 Å². The van der Waals surface area contributed by atoms with Gasteiger partial charge in [0.05, 0.1) is 41.3 Å². The lowest BCUT2D eigenvalue weighted by Gasteiger charge is -2.25. The number of nitrogen functional groups attached to an aromatic ring is 1. The van der Waals surface area contributed by atoms with E-state index in [0.717, 1.165) is 78.5 Å². The van der Waals surface area contributed by atoms with Crippen molar-refractivity contribution in [2.75, 3.05) is 63.4 Å². The number of hydrogen-bond acceptors (Lipinski definition) is 8. The van der Waals surface area contributed by atoms with Crippen LogP contribution in [0.1, 0.15) is 36.5 Å². The molecule has 42 heavy (non-hydrogen) atoms. The third kappa shape index (κ3) is 4.80.